The molecule has 3 rings (SSSR count). The van der Waals surface area contributed by atoms with Gasteiger partial charge in [0.05, 0.1) is 18.8 Å². The van der Waals surface area contributed by atoms with Crippen molar-refractivity contribution in [1.29, 1.82) is 0 Å². The maximum Gasteiger partial charge on any atom is 0.257 e. The second-order valence-electron chi connectivity index (χ2n) is 6.14. The van der Waals surface area contributed by atoms with Gasteiger partial charge in [-0.25, -0.2) is 0 Å². The van der Waals surface area contributed by atoms with E-state index < -0.39 is 0 Å². The fourth-order valence-corrected chi connectivity index (χ4v) is 3.74. The van der Waals surface area contributed by atoms with Crippen LogP contribution in [0.15, 0.2) is 29.3 Å². The fourth-order valence-electron chi connectivity index (χ4n) is 3.01. The highest BCUT2D eigenvalue weighted by Gasteiger charge is 2.22. The average molecular weight is 333 g/mol. The Morgan fingerprint density at radius 1 is 1.30 bits per heavy atom. The van der Waals surface area contributed by atoms with Crippen molar-refractivity contribution in [2.24, 2.45) is 4.99 Å². The molecule has 1 fully saturated rings. The Hall–Kier alpha value is -1.37. The zero-order chi connectivity index (χ0) is 16.2. The van der Waals surface area contributed by atoms with Crippen molar-refractivity contribution in [3.05, 3.63) is 35.4 Å². The van der Waals surface area contributed by atoms with Gasteiger partial charge in [0.25, 0.3) is 5.91 Å². The zero-order valence-corrected chi connectivity index (χ0v) is 14.4. The Morgan fingerprint density at radius 3 is 2.61 bits per heavy atom. The minimum Gasteiger partial charge on any atom is -0.373 e. The number of morpholine rings is 1. The van der Waals surface area contributed by atoms with Gasteiger partial charge < -0.3 is 10.1 Å². The number of ether oxygens (including phenoxy) is 1. The molecule has 2 atom stereocenters. The van der Waals surface area contributed by atoms with Crippen molar-refractivity contribution in [1.82, 2.24) is 10.2 Å². The van der Waals surface area contributed by atoms with E-state index in [9.17, 15) is 4.79 Å². The second kappa shape index (κ2) is 7.47. The minimum absolute atomic E-state index is 0.0849. The molecule has 0 spiro atoms. The van der Waals surface area contributed by atoms with Crippen LogP contribution >= 0.6 is 11.8 Å². The van der Waals surface area contributed by atoms with Gasteiger partial charge >= 0.3 is 0 Å². The molecule has 1 amide bonds. The van der Waals surface area contributed by atoms with Crippen LogP contribution in [0.4, 0.5) is 0 Å². The first-order valence-corrected chi connectivity index (χ1v) is 9.04. The predicted molar refractivity (Wildman–Crippen MR) is 94.0 cm³/mol. The molecular weight excluding hydrogens is 310 g/mol. The maximum absolute atomic E-state index is 12.2. The molecule has 0 aromatic heterocycles. The van der Waals surface area contributed by atoms with Crippen LogP contribution in [0, 0.1) is 0 Å². The monoisotopic (exact) mass is 333 g/mol. The Labute approximate surface area is 141 Å². The Morgan fingerprint density at radius 2 is 2.00 bits per heavy atom. The van der Waals surface area contributed by atoms with Gasteiger partial charge in [0.1, 0.15) is 0 Å². The molecule has 2 heterocycles. The Bertz CT molecular complexity index is 578. The Balaban J connectivity index is 1.57. The standard InChI is InChI=1S/C17H23N3O2S/c1-12-9-20(10-13(2)22-12)11-14-3-5-15(6-4-14)16(21)19-17-18-7-8-23-17/h3-6,12-13H,7-11H2,1-2H3,(H,18,19,21)/t12-,13-/m0/s1. The Kier molecular flexibility index (Phi) is 5.35. The van der Waals surface area contributed by atoms with Gasteiger partial charge in [0, 0.05) is 31.0 Å². The number of hydrogen-bond donors (Lipinski definition) is 1. The number of amidine groups is 1. The molecule has 23 heavy (non-hydrogen) atoms. The van der Waals surface area contributed by atoms with E-state index in [0.29, 0.717) is 5.56 Å². The third-order valence-corrected chi connectivity index (χ3v) is 4.81. The number of nitrogens with one attached hydrogen (secondary N) is 1. The molecule has 1 aromatic carbocycles. The van der Waals surface area contributed by atoms with Crippen LogP contribution in [0.1, 0.15) is 29.8 Å². The van der Waals surface area contributed by atoms with E-state index in [1.807, 2.05) is 24.3 Å². The van der Waals surface area contributed by atoms with Crippen molar-refractivity contribution in [3.63, 3.8) is 0 Å². The molecule has 0 bridgehead atoms. The number of benzene rings is 1. The van der Waals surface area contributed by atoms with Gasteiger partial charge in [-0.1, -0.05) is 23.9 Å². The van der Waals surface area contributed by atoms with Crippen molar-refractivity contribution < 1.29 is 9.53 Å². The van der Waals surface area contributed by atoms with E-state index in [1.54, 1.807) is 11.8 Å². The van der Waals surface area contributed by atoms with Gasteiger partial charge in [-0.05, 0) is 31.5 Å². The smallest absolute Gasteiger partial charge is 0.257 e. The molecule has 1 aromatic rings. The van der Waals surface area contributed by atoms with Crippen molar-refractivity contribution in [2.75, 3.05) is 25.4 Å². The first-order valence-electron chi connectivity index (χ1n) is 8.05. The highest BCUT2D eigenvalue weighted by molar-refractivity contribution is 8.14. The van der Waals surface area contributed by atoms with Crippen molar-refractivity contribution >= 4 is 22.8 Å². The minimum atomic E-state index is -0.0849. The number of rotatable bonds is 3. The molecule has 2 aliphatic heterocycles. The summed E-state index contributed by atoms with van der Waals surface area (Å²) in [4.78, 5) is 18.8. The molecule has 0 saturated carbocycles. The van der Waals surface area contributed by atoms with Crippen molar-refractivity contribution in [3.8, 4) is 0 Å². The lowest BCUT2D eigenvalue weighted by atomic mass is 10.1. The van der Waals surface area contributed by atoms with E-state index in [-0.39, 0.29) is 18.1 Å². The van der Waals surface area contributed by atoms with Crippen LogP contribution < -0.4 is 5.32 Å². The molecular formula is C17H23N3O2S. The summed E-state index contributed by atoms with van der Waals surface area (Å²) < 4.78 is 5.76. The summed E-state index contributed by atoms with van der Waals surface area (Å²) in [7, 11) is 0. The number of nitrogens with zero attached hydrogens (tertiary/aromatic N) is 2. The summed E-state index contributed by atoms with van der Waals surface area (Å²) in [5.74, 6) is 0.864. The topological polar surface area (TPSA) is 53.9 Å². The summed E-state index contributed by atoms with van der Waals surface area (Å²) in [6, 6.07) is 7.84. The van der Waals surface area contributed by atoms with E-state index >= 15 is 0 Å². The number of aliphatic imine (C=N–C) groups is 1. The average Bonchev–Trinajstić information content (AvgIpc) is 3.00. The summed E-state index contributed by atoms with van der Waals surface area (Å²) >= 11 is 1.59. The first-order chi connectivity index (χ1) is 11.1. The molecule has 0 aliphatic carbocycles. The summed E-state index contributed by atoms with van der Waals surface area (Å²) in [5, 5.41) is 3.59. The molecule has 124 valence electrons. The molecule has 6 heteroatoms. The van der Waals surface area contributed by atoms with Gasteiger partial charge in [-0.15, -0.1) is 0 Å². The van der Waals surface area contributed by atoms with Gasteiger partial charge in [-0.3, -0.25) is 14.7 Å². The third-order valence-electron chi connectivity index (χ3n) is 3.92. The van der Waals surface area contributed by atoms with Crippen molar-refractivity contribution in [2.45, 2.75) is 32.6 Å². The lowest BCUT2D eigenvalue weighted by molar-refractivity contribution is -0.0704. The third kappa shape index (κ3) is 4.56. The van der Waals surface area contributed by atoms with Crippen LogP contribution in [0.25, 0.3) is 0 Å². The molecule has 0 radical (unpaired) electrons. The summed E-state index contributed by atoms with van der Waals surface area (Å²) in [6.45, 7) is 7.80. The number of thioether (sulfide) groups is 1. The first kappa shape index (κ1) is 16.5. The van der Waals surface area contributed by atoms with E-state index in [1.165, 1.54) is 5.56 Å². The van der Waals surface area contributed by atoms with Crippen LogP contribution in [-0.2, 0) is 11.3 Å². The molecule has 1 saturated heterocycles. The van der Waals surface area contributed by atoms with E-state index in [4.69, 9.17) is 4.74 Å². The quantitative estimate of drug-likeness (QED) is 0.921. The molecule has 2 aliphatic rings. The van der Waals surface area contributed by atoms with E-state index in [2.05, 4.69) is 29.1 Å². The lowest BCUT2D eigenvalue weighted by Gasteiger charge is -2.35. The van der Waals surface area contributed by atoms with Crippen LogP contribution in [-0.4, -0.2) is 53.6 Å². The molecule has 1 N–H and O–H groups in total. The number of hydrogen-bond acceptors (Lipinski definition) is 5. The fraction of sp³-hybridized carbons (Fsp3) is 0.529. The SMILES string of the molecule is C[C@H]1CN(Cc2ccc(C(=O)NC3=NCCS3)cc2)C[C@H](C)O1. The largest absolute Gasteiger partial charge is 0.373 e. The highest BCUT2D eigenvalue weighted by atomic mass is 32.2. The lowest BCUT2D eigenvalue weighted by Crippen LogP contribution is -2.44. The highest BCUT2D eigenvalue weighted by Crippen LogP contribution is 2.15. The molecule has 0 unspecified atom stereocenters. The summed E-state index contributed by atoms with van der Waals surface area (Å²) in [6.07, 6.45) is 0.543. The maximum atomic E-state index is 12.2. The molecule has 5 nitrogen and oxygen atoms in total. The number of carbonyl (C=O) groups excluding carboxylic acids is 1. The van der Waals surface area contributed by atoms with Crippen LogP contribution in [0.2, 0.25) is 0 Å². The zero-order valence-electron chi connectivity index (χ0n) is 13.6. The van der Waals surface area contributed by atoms with E-state index in [0.717, 1.165) is 37.1 Å². The van der Waals surface area contributed by atoms with Gasteiger partial charge in [-0.2, -0.15) is 0 Å². The number of amides is 1. The van der Waals surface area contributed by atoms with Gasteiger partial charge in [0.2, 0.25) is 0 Å². The normalized spacial score (nSPS) is 25.2. The summed E-state index contributed by atoms with van der Waals surface area (Å²) in [5.41, 5.74) is 1.89. The van der Waals surface area contributed by atoms with Crippen LogP contribution in [0.5, 0.6) is 0 Å². The number of carbonyl (C=O) groups is 1. The predicted octanol–water partition coefficient (Wildman–Crippen LogP) is 2.13. The second-order valence-corrected chi connectivity index (χ2v) is 7.22. The van der Waals surface area contributed by atoms with Crippen LogP contribution in [0.3, 0.4) is 0 Å². The van der Waals surface area contributed by atoms with Gasteiger partial charge in [0.15, 0.2) is 5.17 Å².